The number of amides is 2. The molecule has 1 heterocycles. The van der Waals surface area contributed by atoms with Crippen molar-refractivity contribution >= 4 is 24.2 Å². The summed E-state index contributed by atoms with van der Waals surface area (Å²) in [6.07, 6.45) is 1.41. The number of hydrogen-bond acceptors (Lipinski definition) is 3. The van der Waals surface area contributed by atoms with E-state index in [0.29, 0.717) is 31.3 Å². The third-order valence-corrected chi connectivity index (χ3v) is 4.12. The van der Waals surface area contributed by atoms with Gasteiger partial charge in [-0.25, -0.2) is 0 Å². The normalized spacial score (nSPS) is 22.6. The molecule has 0 spiro atoms. The highest BCUT2D eigenvalue weighted by Crippen LogP contribution is 2.24. The lowest BCUT2D eigenvalue weighted by molar-refractivity contribution is -0.138. The second-order valence-corrected chi connectivity index (χ2v) is 7.06. The number of halogens is 1. The smallest absolute Gasteiger partial charge is 0.245 e. The van der Waals surface area contributed by atoms with Gasteiger partial charge in [0.15, 0.2) is 0 Å². The number of nitrogens with two attached hydrogens (primary N) is 1. The highest BCUT2D eigenvalue weighted by Gasteiger charge is 2.36. The number of likely N-dealkylation sites (tertiary alicyclic amines) is 1. The zero-order chi connectivity index (χ0) is 16.2. The lowest BCUT2D eigenvalue weighted by Crippen LogP contribution is -2.52. The summed E-state index contributed by atoms with van der Waals surface area (Å²) in [6.45, 7) is 11.3. The van der Waals surface area contributed by atoms with Crippen molar-refractivity contribution in [2.24, 2.45) is 23.5 Å². The molecule has 0 radical (unpaired) electrons. The van der Waals surface area contributed by atoms with Crippen LogP contribution < -0.4 is 11.1 Å². The first kappa shape index (κ1) is 21.2. The predicted octanol–water partition coefficient (Wildman–Crippen LogP) is 1.79. The molecule has 1 aliphatic heterocycles. The van der Waals surface area contributed by atoms with Gasteiger partial charge in [0, 0.05) is 19.0 Å². The van der Waals surface area contributed by atoms with Gasteiger partial charge in [-0.1, -0.05) is 27.7 Å². The van der Waals surface area contributed by atoms with Crippen LogP contribution in [0.4, 0.5) is 0 Å². The van der Waals surface area contributed by atoms with Crippen molar-refractivity contribution in [2.45, 2.75) is 59.5 Å². The van der Waals surface area contributed by atoms with Crippen LogP contribution in [0.3, 0.4) is 0 Å². The van der Waals surface area contributed by atoms with Crippen molar-refractivity contribution in [1.29, 1.82) is 0 Å². The fraction of sp³-hybridized carbons (Fsp3) is 0.875. The summed E-state index contributed by atoms with van der Waals surface area (Å²) < 4.78 is 0. The van der Waals surface area contributed by atoms with Gasteiger partial charge in [0.2, 0.25) is 11.8 Å². The van der Waals surface area contributed by atoms with E-state index in [0.717, 1.165) is 6.42 Å². The minimum Gasteiger partial charge on any atom is -0.344 e. The number of nitrogens with zero attached hydrogens (tertiary/aromatic N) is 1. The monoisotopic (exact) mass is 333 g/mol. The van der Waals surface area contributed by atoms with E-state index in [9.17, 15) is 9.59 Å². The van der Waals surface area contributed by atoms with E-state index in [-0.39, 0.29) is 36.2 Å². The largest absolute Gasteiger partial charge is 0.344 e. The summed E-state index contributed by atoms with van der Waals surface area (Å²) in [5, 5.41) is 2.92. The van der Waals surface area contributed by atoms with Crippen LogP contribution in [0.25, 0.3) is 0 Å². The summed E-state index contributed by atoms with van der Waals surface area (Å²) in [7, 11) is 0. The number of rotatable bonds is 6. The highest BCUT2D eigenvalue weighted by atomic mass is 35.5. The van der Waals surface area contributed by atoms with Crippen molar-refractivity contribution < 1.29 is 9.59 Å². The van der Waals surface area contributed by atoms with Gasteiger partial charge in [0.05, 0.1) is 0 Å². The van der Waals surface area contributed by atoms with Crippen LogP contribution in [0.2, 0.25) is 0 Å². The van der Waals surface area contributed by atoms with Gasteiger partial charge in [-0.3, -0.25) is 9.59 Å². The van der Waals surface area contributed by atoms with E-state index in [1.54, 1.807) is 0 Å². The molecule has 6 heteroatoms. The molecule has 0 aromatic carbocycles. The molecule has 3 atom stereocenters. The van der Waals surface area contributed by atoms with Crippen molar-refractivity contribution in [2.75, 3.05) is 13.1 Å². The minimum atomic E-state index is -0.435. The second-order valence-electron chi connectivity index (χ2n) is 7.06. The Bertz CT molecular complexity index is 374. The first-order chi connectivity index (χ1) is 9.76. The van der Waals surface area contributed by atoms with Crippen LogP contribution >= 0.6 is 12.4 Å². The predicted molar refractivity (Wildman–Crippen MR) is 91.8 cm³/mol. The standard InChI is InChI=1S/C16H31N3O2.ClH/c1-10(2)6-14(20)18-15(11(3)4)16(21)19-9-13(8-17)7-12(19)5;/h10-13,15H,6-9,17H2,1-5H3,(H,18,20);1H. The average Bonchev–Trinajstić information content (AvgIpc) is 2.75. The van der Waals surface area contributed by atoms with E-state index < -0.39 is 6.04 Å². The fourth-order valence-corrected chi connectivity index (χ4v) is 2.92. The molecule has 130 valence electrons. The Hall–Kier alpha value is -0.810. The van der Waals surface area contributed by atoms with Gasteiger partial charge in [-0.05, 0) is 37.6 Å². The molecule has 2 amide bonds. The van der Waals surface area contributed by atoms with E-state index in [4.69, 9.17) is 5.73 Å². The first-order valence-corrected chi connectivity index (χ1v) is 8.06. The topological polar surface area (TPSA) is 75.4 Å². The van der Waals surface area contributed by atoms with Crippen molar-refractivity contribution in [3.05, 3.63) is 0 Å². The number of nitrogens with one attached hydrogen (secondary N) is 1. The molecule has 0 saturated carbocycles. The number of hydrogen-bond donors (Lipinski definition) is 2. The van der Waals surface area contributed by atoms with E-state index >= 15 is 0 Å². The Morgan fingerprint density at radius 3 is 2.27 bits per heavy atom. The van der Waals surface area contributed by atoms with Crippen LogP contribution in [0, 0.1) is 17.8 Å². The fourth-order valence-electron chi connectivity index (χ4n) is 2.92. The van der Waals surface area contributed by atoms with Crippen LogP contribution in [-0.4, -0.2) is 41.9 Å². The summed E-state index contributed by atoms with van der Waals surface area (Å²) in [5.74, 6) is 0.742. The molecule has 1 fully saturated rings. The summed E-state index contributed by atoms with van der Waals surface area (Å²) in [5.41, 5.74) is 5.72. The van der Waals surface area contributed by atoms with Gasteiger partial charge in [0.25, 0.3) is 0 Å². The molecular weight excluding hydrogens is 302 g/mol. The van der Waals surface area contributed by atoms with Crippen LogP contribution in [0.5, 0.6) is 0 Å². The Morgan fingerprint density at radius 2 is 1.86 bits per heavy atom. The zero-order valence-corrected chi connectivity index (χ0v) is 15.3. The van der Waals surface area contributed by atoms with Crippen LogP contribution in [-0.2, 0) is 9.59 Å². The average molecular weight is 334 g/mol. The van der Waals surface area contributed by atoms with Crippen molar-refractivity contribution in [1.82, 2.24) is 10.2 Å². The van der Waals surface area contributed by atoms with Gasteiger partial charge in [-0.2, -0.15) is 0 Å². The van der Waals surface area contributed by atoms with Gasteiger partial charge in [-0.15, -0.1) is 12.4 Å². The van der Waals surface area contributed by atoms with Crippen LogP contribution in [0.1, 0.15) is 47.5 Å². The van der Waals surface area contributed by atoms with Gasteiger partial charge < -0.3 is 16.0 Å². The first-order valence-electron chi connectivity index (χ1n) is 8.06. The Balaban J connectivity index is 0.00000441. The molecule has 5 nitrogen and oxygen atoms in total. The second kappa shape index (κ2) is 9.36. The molecule has 0 bridgehead atoms. The third-order valence-electron chi connectivity index (χ3n) is 4.12. The van der Waals surface area contributed by atoms with E-state index in [2.05, 4.69) is 12.2 Å². The maximum atomic E-state index is 12.8. The van der Waals surface area contributed by atoms with Gasteiger partial charge in [0.1, 0.15) is 6.04 Å². The number of carbonyl (C=O) groups excluding carboxylic acids is 2. The summed E-state index contributed by atoms with van der Waals surface area (Å²) >= 11 is 0. The Morgan fingerprint density at radius 1 is 1.27 bits per heavy atom. The van der Waals surface area contributed by atoms with Crippen molar-refractivity contribution in [3.63, 3.8) is 0 Å². The summed E-state index contributed by atoms with van der Waals surface area (Å²) in [6, 6.07) is -0.232. The Kier molecular flexibility index (Phi) is 9.01. The van der Waals surface area contributed by atoms with Crippen molar-refractivity contribution in [3.8, 4) is 0 Å². The summed E-state index contributed by atoms with van der Waals surface area (Å²) in [4.78, 5) is 26.6. The lowest BCUT2D eigenvalue weighted by atomic mass is 10.0. The molecule has 3 N–H and O–H groups in total. The van der Waals surface area contributed by atoms with E-state index in [1.807, 2.05) is 32.6 Å². The zero-order valence-electron chi connectivity index (χ0n) is 14.5. The molecule has 1 rings (SSSR count). The number of carbonyl (C=O) groups is 2. The van der Waals surface area contributed by atoms with E-state index in [1.165, 1.54) is 0 Å². The molecule has 0 aliphatic carbocycles. The maximum absolute atomic E-state index is 12.8. The molecule has 3 unspecified atom stereocenters. The molecule has 22 heavy (non-hydrogen) atoms. The minimum absolute atomic E-state index is 0. The van der Waals surface area contributed by atoms with Crippen LogP contribution in [0.15, 0.2) is 0 Å². The highest BCUT2D eigenvalue weighted by molar-refractivity contribution is 5.88. The molecular formula is C16H32ClN3O2. The molecule has 1 saturated heterocycles. The van der Waals surface area contributed by atoms with Gasteiger partial charge >= 0.3 is 0 Å². The molecule has 1 aliphatic rings. The SMILES string of the molecule is CC(C)CC(=O)NC(C(=O)N1CC(CN)CC1C)C(C)C.Cl. The quantitative estimate of drug-likeness (QED) is 0.778. The Labute approximate surface area is 140 Å². The molecule has 0 aromatic rings. The third kappa shape index (κ3) is 5.76. The molecule has 0 aromatic heterocycles. The lowest BCUT2D eigenvalue weighted by Gasteiger charge is -2.30. The maximum Gasteiger partial charge on any atom is 0.245 e.